The summed E-state index contributed by atoms with van der Waals surface area (Å²) in [5.74, 6) is -1.47. The fourth-order valence-electron chi connectivity index (χ4n) is 7.45. The molecule has 3 aliphatic rings. The number of esters is 1. The number of rotatable bonds is 8. The topological polar surface area (TPSA) is 129 Å². The SMILES string of the molecule is COC(=O)CN1CN(c2ccccc2)C2(CCN(C(=O)[C@@H](Cc3ccc(Cl)cc3)NC(=O)C3Cc4ccccc4CN3C(=O)OC(C)(C)C)CC2)C1=O. The van der Waals surface area contributed by atoms with E-state index in [0.29, 0.717) is 17.9 Å². The molecular formula is C40H46ClN5O7. The molecule has 6 rings (SSSR count). The largest absolute Gasteiger partial charge is 0.468 e. The van der Waals surface area contributed by atoms with Gasteiger partial charge >= 0.3 is 12.1 Å². The highest BCUT2D eigenvalue weighted by molar-refractivity contribution is 6.30. The number of piperidine rings is 1. The second kappa shape index (κ2) is 15.5. The number of amides is 4. The minimum Gasteiger partial charge on any atom is -0.468 e. The van der Waals surface area contributed by atoms with Crippen LogP contribution in [0.1, 0.15) is 50.3 Å². The zero-order valence-corrected chi connectivity index (χ0v) is 31.3. The molecule has 0 aromatic heterocycles. The monoisotopic (exact) mass is 743 g/mol. The Balaban J connectivity index is 1.24. The summed E-state index contributed by atoms with van der Waals surface area (Å²) in [5.41, 5.74) is 1.75. The van der Waals surface area contributed by atoms with Crippen molar-refractivity contribution in [2.45, 2.75) is 76.2 Å². The van der Waals surface area contributed by atoms with E-state index in [4.69, 9.17) is 21.1 Å². The van der Waals surface area contributed by atoms with E-state index in [0.717, 1.165) is 22.4 Å². The lowest BCUT2D eigenvalue weighted by Crippen LogP contribution is -2.61. The van der Waals surface area contributed by atoms with E-state index in [9.17, 15) is 24.0 Å². The lowest BCUT2D eigenvalue weighted by atomic mass is 9.85. The molecule has 0 radical (unpaired) electrons. The predicted octanol–water partition coefficient (Wildman–Crippen LogP) is 4.57. The third kappa shape index (κ3) is 8.27. The Kier molecular flexibility index (Phi) is 11.0. The maximum Gasteiger partial charge on any atom is 0.411 e. The first-order chi connectivity index (χ1) is 25.3. The van der Waals surface area contributed by atoms with Crippen LogP contribution in [-0.4, -0.2) is 101 Å². The van der Waals surface area contributed by atoms with E-state index in [1.165, 1.54) is 16.9 Å². The highest BCUT2D eigenvalue weighted by Gasteiger charge is 2.55. The van der Waals surface area contributed by atoms with Crippen LogP contribution in [0.25, 0.3) is 0 Å². The number of anilines is 1. The number of fused-ring (bicyclic) bond motifs is 1. The van der Waals surface area contributed by atoms with E-state index in [1.54, 1.807) is 37.8 Å². The molecule has 1 N–H and O–H groups in total. The Morgan fingerprint density at radius 2 is 1.57 bits per heavy atom. The number of benzene rings is 3. The number of likely N-dealkylation sites (tertiary alicyclic amines) is 1. The molecule has 0 aliphatic carbocycles. The van der Waals surface area contributed by atoms with E-state index in [1.807, 2.05) is 71.6 Å². The molecule has 3 aliphatic heterocycles. The first-order valence-electron chi connectivity index (χ1n) is 17.9. The Hall–Kier alpha value is -5.10. The molecule has 2 fully saturated rings. The van der Waals surface area contributed by atoms with Crippen LogP contribution in [0.2, 0.25) is 5.02 Å². The van der Waals surface area contributed by atoms with Gasteiger partial charge in [0.1, 0.15) is 29.8 Å². The number of ether oxygens (including phenoxy) is 2. The second-order valence-electron chi connectivity index (χ2n) is 14.8. The molecule has 1 spiro atoms. The molecule has 0 saturated carbocycles. The van der Waals surface area contributed by atoms with Crippen molar-refractivity contribution in [3.63, 3.8) is 0 Å². The van der Waals surface area contributed by atoms with Crippen LogP contribution in [0.15, 0.2) is 78.9 Å². The predicted molar refractivity (Wildman–Crippen MR) is 199 cm³/mol. The first-order valence-corrected chi connectivity index (χ1v) is 18.2. The van der Waals surface area contributed by atoms with Crippen LogP contribution in [0.5, 0.6) is 0 Å². The Morgan fingerprint density at radius 1 is 0.925 bits per heavy atom. The van der Waals surface area contributed by atoms with Crippen LogP contribution < -0.4 is 10.2 Å². The van der Waals surface area contributed by atoms with Crippen molar-refractivity contribution >= 4 is 47.1 Å². The first kappa shape index (κ1) is 37.7. The van der Waals surface area contributed by atoms with Gasteiger partial charge in [-0.05, 0) is 74.6 Å². The zero-order chi connectivity index (χ0) is 37.9. The van der Waals surface area contributed by atoms with Crippen LogP contribution in [0.4, 0.5) is 10.5 Å². The standard InChI is InChI=1S/C40H46ClN5O7/c1-39(2,3)53-38(51)45-24-29-11-9-8-10-28(29)23-33(45)35(48)42-32(22-27-14-16-30(41)17-15-27)36(49)43-20-18-40(19-21-43)37(50)44(25-34(47)52-4)26-46(40)31-12-6-5-7-13-31/h5-17,32-33H,18-26H2,1-4H3,(H,42,48)/t32-,33?/m1/s1. The van der Waals surface area contributed by atoms with Crippen molar-refractivity contribution in [3.8, 4) is 0 Å². The molecule has 3 aromatic carbocycles. The minimum atomic E-state index is -0.976. The molecule has 280 valence electrons. The van der Waals surface area contributed by atoms with Crippen LogP contribution in [0.3, 0.4) is 0 Å². The van der Waals surface area contributed by atoms with Gasteiger partial charge < -0.3 is 29.5 Å². The van der Waals surface area contributed by atoms with Gasteiger partial charge in [0.2, 0.25) is 11.8 Å². The number of para-hydroxylation sites is 1. The van der Waals surface area contributed by atoms with Crippen molar-refractivity contribution in [2.75, 3.05) is 38.3 Å². The molecule has 2 atom stereocenters. The number of carbonyl (C=O) groups is 5. The summed E-state index contributed by atoms with van der Waals surface area (Å²) >= 11 is 6.17. The number of nitrogens with zero attached hydrogens (tertiary/aromatic N) is 4. The van der Waals surface area contributed by atoms with E-state index < -0.39 is 41.2 Å². The van der Waals surface area contributed by atoms with E-state index >= 15 is 0 Å². The summed E-state index contributed by atoms with van der Waals surface area (Å²) in [6.07, 6.45) is 0.463. The van der Waals surface area contributed by atoms with Gasteiger partial charge in [-0.25, -0.2) is 4.79 Å². The number of carbonyl (C=O) groups excluding carboxylic acids is 5. The average Bonchev–Trinajstić information content (AvgIpc) is 3.40. The normalized spacial score (nSPS) is 18.7. The Morgan fingerprint density at radius 3 is 2.21 bits per heavy atom. The maximum atomic E-state index is 14.5. The van der Waals surface area contributed by atoms with Crippen LogP contribution >= 0.6 is 11.6 Å². The van der Waals surface area contributed by atoms with E-state index in [2.05, 4.69) is 5.32 Å². The van der Waals surface area contributed by atoms with Crippen molar-refractivity contribution in [1.82, 2.24) is 20.0 Å². The van der Waals surface area contributed by atoms with Crippen LogP contribution in [0, 0.1) is 0 Å². The molecule has 3 heterocycles. The fourth-order valence-corrected chi connectivity index (χ4v) is 7.58. The highest BCUT2D eigenvalue weighted by Crippen LogP contribution is 2.39. The Labute approximate surface area is 314 Å². The van der Waals surface area contributed by atoms with Gasteiger partial charge in [-0.3, -0.25) is 24.1 Å². The van der Waals surface area contributed by atoms with Gasteiger partial charge in [-0.15, -0.1) is 0 Å². The molecule has 13 heteroatoms. The Bertz CT molecular complexity index is 1840. The van der Waals surface area contributed by atoms with Gasteiger partial charge in [-0.2, -0.15) is 0 Å². The third-order valence-electron chi connectivity index (χ3n) is 10.2. The summed E-state index contributed by atoms with van der Waals surface area (Å²) in [6.45, 7) is 6.03. The second-order valence-corrected chi connectivity index (χ2v) is 15.3. The summed E-state index contributed by atoms with van der Waals surface area (Å²) in [4.78, 5) is 75.2. The van der Waals surface area contributed by atoms with Gasteiger partial charge in [-0.1, -0.05) is 66.2 Å². The summed E-state index contributed by atoms with van der Waals surface area (Å²) in [6, 6.07) is 22.4. The zero-order valence-electron chi connectivity index (χ0n) is 30.5. The molecule has 1 unspecified atom stereocenters. The summed E-state index contributed by atoms with van der Waals surface area (Å²) in [5, 5.41) is 3.56. The number of hydrogen-bond donors (Lipinski definition) is 1. The molecule has 53 heavy (non-hydrogen) atoms. The van der Waals surface area contributed by atoms with Gasteiger partial charge in [0.25, 0.3) is 5.91 Å². The third-order valence-corrected chi connectivity index (χ3v) is 10.4. The molecule has 2 saturated heterocycles. The number of nitrogens with one attached hydrogen (secondary N) is 1. The molecule has 3 aromatic rings. The quantitative estimate of drug-likeness (QED) is 0.333. The molecule has 12 nitrogen and oxygen atoms in total. The van der Waals surface area contributed by atoms with Gasteiger partial charge in [0, 0.05) is 36.6 Å². The number of halogens is 1. The van der Waals surface area contributed by atoms with E-state index in [-0.39, 0.29) is 57.5 Å². The van der Waals surface area contributed by atoms with Crippen LogP contribution in [-0.2, 0) is 48.0 Å². The highest BCUT2D eigenvalue weighted by atomic mass is 35.5. The van der Waals surface area contributed by atoms with Crippen molar-refractivity contribution in [1.29, 1.82) is 0 Å². The smallest absolute Gasteiger partial charge is 0.411 e. The molecular weight excluding hydrogens is 698 g/mol. The lowest BCUT2D eigenvalue weighted by molar-refractivity contribution is -0.147. The minimum absolute atomic E-state index is 0.176. The van der Waals surface area contributed by atoms with Gasteiger partial charge in [0.05, 0.1) is 20.3 Å². The summed E-state index contributed by atoms with van der Waals surface area (Å²) < 4.78 is 10.6. The summed E-state index contributed by atoms with van der Waals surface area (Å²) in [7, 11) is 1.29. The fraction of sp³-hybridized carbons (Fsp3) is 0.425. The molecule has 0 bridgehead atoms. The number of methoxy groups -OCH3 is 1. The number of hydrogen-bond acceptors (Lipinski definition) is 8. The molecule has 4 amide bonds. The maximum absolute atomic E-state index is 14.5. The van der Waals surface area contributed by atoms with Crippen molar-refractivity contribution < 1.29 is 33.4 Å². The van der Waals surface area contributed by atoms with Crippen molar-refractivity contribution in [3.05, 3.63) is 101 Å². The van der Waals surface area contributed by atoms with Crippen molar-refractivity contribution in [2.24, 2.45) is 0 Å². The average molecular weight is 744 g/mol. The van der Waals surface area contributed by atoms with Gasteiger partial charge in [0.15, 0.2) is 0 Å². The lowest BCUT2D eigenvalue weighted by Gasteiger charge is -2.44.